The van der Waals surface area contributed by atoms with Gasteiger partial charge in [0.25, 0.3) is 0 Å². The molecule has 2 atom stereocenters. The third kappa shape index (κ3) is 5.15. The van der Waals surface area contributed by atoms with E-state index in [0.29, 0.717) is 24.5 Å². The first-order chi connectivity index (χ1) is 16.1. The molecule has 1 N–H and O–H groups in total. The summed E-state index contributed by atoms with van der Waals surface area (Å²) in [5.74, 6) is 2.29. The minimum absolute atomic E-state index is 0.185. The zero-order valence-corrected chi connectivity index (χ0v) is 19.2. The molecule has 5 nitrogen and oxygen atoms in total. The molecule has 0 aromatic heterocycles. The van der Waals surface area contributed by atoms with Crippen molar-refractivity contribution in [1.29, 1.82) is 0 Å². The lowest BCUT2D eigenvalue weighted by Gasteiger charge is -2.20. The van der Waals surface area contributed by atoms with Crippen molar-refractivity contribution in [3.8, 4) is 17.2 Å². The Balaban J connectivity index is 1.49. The Kier molecular flexibility index (Phi) is 7.20. The summed E-state index contributed by atoms with van der Waals surface area (Å²) in [6.45, 7) is 5.95. The highest BCUT2D eigenvalue weighted by atomic mass is 16.5. The second-order valence-corrected chi connectivity index (χ2v) is 8.25. The third-order valence-corrected chi connectivity index (χ3v) is 6.12. The lowest BCUT2D eigenvalue weighted by molar-refractivity contribution is 0.158. The van der Waals surface area contributed by atoms with E-state index in [0.717, 1.165) is 30.0 Å². The summed E-state index contributed by atoms with van der Waals surface area (Å²) in [5, 5.41) is 11.1. The van der Waals surface area contributed by atoms with Crippen LogP contribution >= 0.6 is 0 Å². The zero-order valence-electron chi connectivity index (χ0n) is 19.2. The molecule has 172 valence electrons. The highest BCUT2D eigenvalue weighted by molar-refractivity contribution is 5.63. The van der Waals surface area contributed by atoms with Gasteiger partial charge in [0, 0.05) is 24.7 Å². The van der Waals surface area contributed by atoms with Gasteiger partial charge in [-0.05, 0) is 53.4 Å². The maximum Gasteiger partial charge on any atom is 0.161 e. The molecule has 5 heteroatoms. The summed E-state index contributed by atoms with van der Waals surface area (Å²) >= 11 is 0. The van der Waals surface area contributed by atoms with Crippen molar-refractivity contribution in [1.82, 2.24) is 0 Å². The van der Waals surface area contributed by atoms with E-state index in [2.05, 4.69) is 23.6 Å². The first-order valence-electron chi connectivity index (χ1n) is 11.2. The van der Waals surface area contributed by atoms with Crippen LogP contribution in [0.1, 0.15) is 35.1 Å². The number of aliphatic hydroxyl groups excluding tert-OH is 1. The molecule has 0 saturated carbocycles. The van der Waals surface area contributed by atoms with Crippen LogP contribution in [-0.4, -0.2) is 32.4 Å². The smallest absolute Gasteiger partial charge is 0.161 e. The van der Waals surface area contributed by atoms with Gasteiger partial charge in [0.05, 0.1) is 20.3 Å². The molecule has 2 unspecified atom stereocenters. The quantitative estimate of drug-likeness (QED) is 0.418. The highest BCUT2D eigenvalue weighted by Crippen LogP contribution is 2.43. The Labute approximate surface area is 195 Å². The maximum atomic E-state index is 11.1. The number of anilines is 1. The fraction of sp³-hybridized carbons (Fsp3) is 0.286. The number of hydrogen-bond acceptors (Lipinski definition) is 5. The largest absolute Gasteiger partial charge is 0.497 e. The van der Waals surface area contributed by atoms with Gasteiger partial charge in [0.1, 0.15) is 12.4 Å². The highest BCUT2D eigenvalue weighted by Gasteiger charge is 2.30. The molecule has 0 aliphatic carbocycles. The van der Waals surface area contributed by atoms with Crippen LogP contribution in [0.2, 0.25) is 0 Å². The van der Waals surface area contributed by atoms with Gasteiger partial charge in [-0.3, -0.25) is 0 Å². The van der Waals surface area contributed by atoms with Gasteiger partial charge in [0.2, 0.25) is 0 Å². The summed E-state index contributed by atoms with van der Waals surface area (Å²) in [6, 6.07) is 21.8. The molecule has 1 aliphatic rings. The van der Waals surface area contributed by atoms with E-state index in [1.807, 2.05) is 60.7 Å². The Morgan fingerprint density at radius 2 is 1.85 bits per heavy atom. The molecule has 0 spiro atoms. The van der Waals surface area contributed by atoms with Gasteiger partial charge in [0.15, 0.2) is 11.5 Å². The van der Waals surface area contributed by atoms with Crippen LogP contribution in [0.4, 0.5) is 5.69 Å². The molecule has 0 bridgehead atoms. The van der Waals surface area contributed by atoms with E-state index >= 15 is 0 Å². The second kappa shape index (κ2) is 10.5. The predicted octanol–water partition coefficient (Wildman–Crippen LogP) is 5.50. The SMILES string of the molecule is C=CCN1CC(CC(O)c2ccc(OCc3ccccc3)c(OC)c2)c2cc(OC)ccc21. The summed E-state index contributed by atoms with van der Waals surface area (Å²) in [5.41, 5.74) is 4.27. The van der Waals surface area contributed by atoms with Gasteiger partial charge in [-0.2, -0.15) is 0 Å². The lowest BCUT2D eigenvalue weighted by Crippen LogP contribution is -2.22. The van der Waals surface area contributed by atoms with Crippen molar-refractivity contribution >= 4 is 5.69 Å². The van der Waals surface area contributed by atoms with Crippen LogP contribution in [0.5, 0.6) is 17.2 Å². The van der Waals surface area contributed by atoms with Crippen LogP contribution in [0.3, 0.4) is 0 Å². The number of benzene rings is 3. The average Bonchev–Trinajstić information content (AvgIpc) is 3.19. The fourth-order valence-corrected chi connectivity index (χ4v) is 4.42. The van der Waals surface area contributed by atoms with Crippen molar-refractivity contribution < 1.29 is 19.3 Å². The van der Waals surface area contributed by atoms with Crippen LogP contribution in [0.25, 0.3) is 0 Å². The lowest BCUT2D eigenvalue weighted by atomic mass is 9.92. The maximum absolute atomic E-state index is 11.1. The number of hydrogen-bond donors (Lipinski definition) is 1. The van der Waals surface area contributed by atoms with Crippen molar-refractivity contribution in [2.45, 2.75) is 25.0 Å². The molecule has 0 amide bonds. The Morgan fingerprint density at radius 1 is 1.03 bits per heavy atom. The minimum Gasteiger partial charge on any atom is -0.497 e. The van der Waals surface area contributed by atoms with E-state index in [-0.39, 0.29) is 5.92 Å². The number of aliphatic hydroxyl groups is 1. The predicted molar refractivity (Wildman–Crippen MR) is 131 cm³/mol. The summed E-state index contributed by atoms with van der Waals surface area (Å²) in [6.07, 6.45) is 1.88. The van der Waals surface area contributed by atoms with Crippen molar-refractivity contribution in [3.05, 3.63) is 96.1 Å². The van der Waals surface area contributed by atoms with Gasteiger partial charge < -0.3 is 24.2 Å². The molecule has 3 aromatic rings. The standard InChI is InChI=1S/C28H31NO4/c1-4-14-29-18-22(24-17-23(31-2)11-12-25(24)29)15-26(30)21-10-13-27(28(16-21)32-3)33-19-20-8-6-5-7-9-20/h4-13,16-17,22,26,30H,1,14-15,18-19H2,2-3H3. The van der Waals surface area contributed by atoms with Crippen molar-refractivity contribution in [3.63, 3.8) is 0 Å². The zero-order chi connectivity index (χ0) is 23.2. The summed E-state index contributed by atoms with van der Waals surface area (Å²) in [7, 11) is 3.29. The molecule has 1 heterocycles. The van der Waals surface area contributed by atoms with Crippen LogP contribution in [0, 0.1) is 0 Å². The van der Waals surface area contributed by atoms with E-state index in [1.165, 1.54) is 11.3 Å². The number of methoxy groups -OCH3 is 2. The van der Waals surface area contributed by atoms with Crippen molar-refractivity contribution in [2.75, 3.05) is 32.2 Å². The van der Waals surface area contributed by atoms with Crippen LogP contribution in [-0.2, 0) is 6.61 Å². The summed E-state index contributed by atoms with van der Waals surface area (Å²) < 4.78 is 17.0. The van der Waals surface area contributed by atoms with Crippen LogP contribution < -0.4 is 19.1 Å². The number of ether oxygens (including phenoxy) is 3. The molecular formula is C28H31NO4. The van der Waals surface area contributed by atoms with Crippen LogP contribution in [0.15, 0.2) is 79.4 Å². The number of rotatable bonds is 10. The first kappa shape index (κ1) is 22.7. The van der Waals surface area contributed by atoms with Gasteiger partial charge in [-0.25, -0.2) is 0 Å². The molecule has 0 fully saturated rings. The number of fused-ring (bicyclic) bond motifs is 1. The van der Waals surface area contributed by atoms with Gasteiger partial charge in [-0.1, -0.05) is 42.5 Å². The number of nitrogens with zero attached hydrogens (tertiary/aromatic N) is 1. The minimum atomic E-state index is -0.630. The van der Waals surface area contributed by atoms with Gasteiger partial charge >= 0.3 is 0 Å². The van der Waals surface area contributed by atoms with E-state index in [4.69, 9.17) is 14.2 Å². The Bertz CT molecular complexity index is 1080. The first-order valence-corrected chi connectivity index (χ1v) is 11.2. The van der Waals surface area contributed by atoms with E-state index in [1.54, 1.807) is 14.2 Å². The molecular weight excluding hydrogens is 414 g/mol. The average molecular weight is 446 g/mol. The fourth-order valence-electron chi connectivity index (χ4n) is 4.42. The Morgan fingerprint density at radius 3 is 2.58 bits per heavy atom. The van der Waals surface area contributed by atoms with E-state index < -0.39 is 6.10 Å². The molecule has 0 radical (unpaired) electrons. The molecule has 33 heavy (non-hydrogen) atoms. The third-order valence-electron chi connectivity index (χ3n) is 6.12. The van der Waals surface area contributed by atoms with Gasteiger partial charge in [-0.15, -0.1) is 6.58 Å². The second-order valence-electron chi connectivity index (χ2n) is 8.25. The normalized spacial score (nSPS) is 15.6. The molecule has 1 aliphatic heterocycles. The molecule has 4 rings (SSSR count). The summed E-state index contributed by atoms with van der Waals surface area (Å²) in [4.78, 5) is 2.29. The molecule has 0 saturated heterocycles. The molecule has 3 aromatic carbocycles. The topological polar surface area (TPSA) is 51.2 Å². The van der Waals surface area contributed by atoms with E-state index in [9.17, 15) is 5.11 Å². The Hall–Kier alpha value is -3.44. The van der Waals surface area contributed by atoms with Crippen molar-refractivity contribution in [2.24, 2.45) is 0 Å². The monoisotopic (exact) mass is 445 g/mol.